The molecule has 21 aromatic rings. The minimum absolute atomic E-state index is 0.0406. The second kappa shape index (κ2) is 39.0. The highest BCUT2D eigenvalue weighted by atomic mass is 79.9. The number of nitrogens with two attached hydrogens (primary N) is 2. The lowest BCUT2D eigenvalue weighted by atomic mass is 9.81. The average Bonchev–Trinajstić information content (AvgIpc) is 1.54. The first-order valence-electron chi connectivity index (χ1n) is 39.1. The highest BCUT2D eigenvalue weighted by molar-refractivity contribution is 9.11. The van der Waals surface area contributed by atoms with Gasteiger partial charge in [-0.2, -0.15) is 44.1 Å². The van der Waals surface area contributed by atoms with Gasteiger partial charge in [-0.3, -0.25) is 50.0 Å². The molecule has 15 aromatic carbocycles. The number of aromatic nitrogens is 12. The molecule has 2 aliphatic carbocycles. The van der Waals surface area contributed by atoms with Crippen molar-refractivity contribution in [2.24, 2.45) is 0 Å². The number of benzene rings is 15. The number of halogens is 4. The number of fused-ring (bicyclic) bond motifs is 8. The molecule has 0 radical (unpaired) electrons. The van der Waals surface area contributed by atoms with Gasteiger partial charge in [0.2, 0.25) is 11.6 Å². The first kappa shape index (κ1) is 89.4. The van der Waals surface area contributed by atoms with Crippen LogP contribution in [0.3, 0.4) is 0 Å². The fraction of sp³-hybridized carbons (Fsp3) is 0. The van der Waals surface area contributed by atoms with Gasteiger partial charge in [0, 0.05) is 53.1 Å². The highest BCUT2D eigenvalue weighted by Gasteiger charge is 2.43. The third-order valence-corrected chi connectivity index (χ3v) is 26.4. The van der Waals surface area contributed by atoms with Crippen LogP contribution in [0.4, 0.5) is 34.1 Å². The predicted octanol–water partition coefficient (Wildman–Crippen LogP) is 21.9. The van der Waals surface area contributed by atoms with Crippen LogP contribution in [-0.4, -0.2) is 92.2 Å². The number of ketones is 2. The highest BCUT2D eigenvalue weighted by Crippen LogP contribution is 2.52. The van der Waals surface area contributed by atoms with Crippen molar-refractivity contribution in [2.45, 2.75) is 0 Å². The summed E-state index contributed by atoms with van der Waals surface area (Å²) in [5, 5.41) is 67.0. The molecule has 0 aliphatic heterocycles. The fourth-order valence-corrected chi connectivity index (χ4v) is 20.6. The van der Waals surface area contributed by atoms with Gasteiger partial charge in [-0.15, -0.1) is 0 Å². The normalized spacial score (nSPS) is 11.3. The first-order valence-corrected chi connectivity index (χ1v) is 45.9. The Labute approximate surface area is 799 Å². The van der Waals surface area contributed by atoms with Crippen LogP contribution < -0.4 is 26.1 Å². The Hall–Kier alpha value is -14.6. The van der Waals surface area contributed by atoms with Crippen LogP contribution in [0.5, 0.6) is 0 Å². The van der Waals surface area contributed by atoms with Crippen molar-refractivity contribution in [3.05, 3.63) is 367 Å². The summed E-state index contributed by atoms with van der Waals surface area (Å²) < 4.78 is 49.3. The number of Topliss-reactive ketones (excluding diaryl/α,β-unsaturated/α-hetero) is 2. The Balaban J connectivity index is 0.000000111. The number of nitrogen functional groups attached to an aromatic ring is 2. The molecule has 30 nitrogen and oxygen atoms in total. The van der Waals surface area contributed by atoms with Crippen LogP contribution in [-0.2, 0) is 0 Å². The molecule has 2 aliphatic rings. The van der Waals surface area contributed by atoms with Crippen LogP contribution in [0, 0.1) is 40.5 Å². The molecule has 40 heteroatoms. The van der Waals surface area contributed by atoms with Crippen LogP contribution in [0.2, 0.25) is 0 Å². The number of carbonyl (C=O) groups is 2. The van der Waals surface area contributed by atoms with Gasteiger partial charge in [-0.1, -0.05) is 249 Å². The number of anilines is 2. The van der Waals surface area contributed by atoms with E-state index in [1.54, 1.807) is 109 Å². The third kappa shape index (κ3) is 17.2. The maximum absolute atomic E-state index is 11.9. The SMILES string of the molecule is Brc1ccc(Br)c2nsnc12.Nc1c(N)c(-c2ccccc2)c2nsnc2c1-c1ccccc1.O=C1C(=O)c2cccc3cccc1c23.O=[N+]([O-])c1c([N+](=O)[O-])c(-c2ccccc2)c2nsnc2c1-c1ccccc1.O=[N+]([O-])c1c([N+](=O)[O-])c(Br)c2nsnc2c1Br.OB(O)c1ccccc1.c1ccc(-[n+]2c3c([n+](-c4ccccc4)c4nsnc42)-c2cccc4cccc-3c24)cc1. The minimum atomic E-state index is -1.34. The van der Waals surface area contributed by atoms with Crippen molar-refractivity contribution in [3.63, 3.8) is 0 Å². The molecule has 0 atom stereocenters. The largest absolute Gasteiger partial charge is 0.488 e. The fourth-order valence-electron chi connectivity index (χ4n) is 15.3. The molecule has 0 fully saturated rings. The molecule has 0 amide bonds. The van der Waals surface area contributed by atoms with Gasteiger partial charge in [-0.25, -0.2) is 0 Å². The Morgan fingerprint density at radius 1 is 0.303 bits per heavy atom. The number of carbonyl (C=O) groups excluding carboxylic acids is 2. The second-order valence-corrected chi connectivity index (χ2v) is 34.5. The van der Waals surface area contributed by atoms with Gasteiger partial charge in [-0.05, 0) is 151 Å². The van der Waals surface area contributed by atoms with Crippen molar-refractivity contribution < 1.29 is 48.5 Å². The summed E-state index contributed by atoms with van der Waals surface area (Å²) >= 11 is 18.0. The molecule has 0 unspecified atom stereocenters. The van der Waals surface area contributed by atoms with E-state index < -0.39 is 49.6 Å². The van der Waals surface area contributed by atoms with E-state index in [0.29, 0.717) is 39.1 Å². The summed E-state index contributed by atoms with van der Waals surface area (Å²) in [5.41, 5.74) is 31.0. The van der Waals surface area contributed by atoms with E-state index in [4.69, 9.17) is 30.3 Å². The summed E-state index contributed by atoms with van der Waals surface area (Å²) in [4.78, 5) is 65.6. The topological polar surface area (TPSA) is 436 Å². The zero-order valence-electron chi connectivity index (χ0n) is 67.2. The van der Waals surface area contributed by atoms with Gasteiger partial charge >= 0.3 is 52.9 Å². The summed E-state index contributed by atoms with van der Waals surface area (Å²) in [6, 6.07) is 94.3. The van der Waals surface area contributed by atoms with Gasteiger partial charge < -0.3 is 21.5 Å². The molecule has 132 heavy (non-hydrogen) atoms. The lowest BCUT2D eigenvalue weighted by Gasteiger charge is -2.14. The van der Waals surface area contributed by atoms with Gasteiger partial charge in [0.05, 0.1) is 97.9 Å². The van der Waals surface area contributed by atoms with E-state index in [1.807, 2.05) is 103 Å². The van der Waals surface area contributed by atoms with Crippen molar-refractivity contribution >= 4 is 258 Å². The number of hydrogen-bond donors (Lipinski definition) is 4. The molecular weight excluding hydrogens is 2040 g/mol. The van der Waals surface area contributed by atoms with E-state index >= 15 is 0 Å². The number of nitrogens with zero attached hydrogens (tertiary/aromatic N) is 16. The average molecular weight is 2100 g/mol. The summed E-state index contributed by atoms with van der Waals surface area (Å²) in [5.74, 6) is -0.756. The van der Waals surface area contributed by atoms with E-state index in [2.05, 4.69) is 193 Å². The van der Waals surface area contributed by atoms with Crippen LogP contribution >= 0.6 is 122 Å². The summed E-state index contributed by atoms with van der Waals surface area (Å²) in [6.45, 7) is 0. The van der Waals surface area contributed by atoms with E-state index in [0.717, 1.165) is 122 Å². The third-order valence-electron chi connectivity index (χ3n) is 21.0. The van der Waals surface area contributed by atoms with E-state index in [1.165, 1.54) is 57.1 Å². The zero-order valence-corrected chi connectivity index (χ0v) is 77.6. The Bertz CT molecular complexity index is 7690. The number of rotatable bonds is 11. The second-order valence-electron chi connectivity index (χ2n) is 28.5. The number of hydrogen-bond acceptors (Lipinski definition) is 29. The molecule has 6 aromatic heterocycles. The number of nitro benzene ring substituents is 4. The number of nitro groups is 4. The predicted molar refractivity (Wildman–Crippen MR) is 529 cm³/mol. The van der Waals surface area contributed by atoms with Crippen LogP contribution in [0.1, 0.15) is 20.7 Å². The maximum Gasteiger partial charge on any atom is 0.488 e. The Morgan fingerprint density at radius 2 is 0.568 bits per heavy atom. The maximum atomic E-state index is 11.9. The molecule has 6 N–H and O–H groups in total. The quantitative estimate of drug-likeness (QED) is 0.0233. The lowest BCUT2D eigenvalue weighted by molar-refractivity contribution is -0.604. The molecule has 0 saturated heterocycles. The molecule has 0 saturated carbocycles. The summed E-state index contributed by atoms with van der Waals surface area (Å²) in [7, 11) is -1.34. The molecule has 6 heterocycles. The summed E-state index contributed by atoms with van der Waals surface area (Å²) in [6.07, 6.45) is 0. The molecule has 644 valence electrons. The molecule has 0 spiro atoms. The molecule has 0 bridgehead atoms. The van der Waals surface area contributed by atoms with Crippen molar-refractivity contribution in [2.75, 3.05) is 11.5 Å². The minimum Gasteiger partial charge on any atom is -0.423 e. The number of para-hydroxylation sites is 2. The smallest absolute Gasteiger partial charge is 0.423 e. The van der Waals surface area contributed by atoms with Gasteiger partial charge in [0.25, 0.3) is 0 Å². The Kier molecular flexibility index (Phi) is 26.4. The van der Waals surface area contributed by atoms with Crippen molar-refractivity contribution in [1.29, 1.82) is 0 Å². The standard InChI is InChI=1S/C26H16N4S.C18H10N4O4S.C18H14N4S.C12H6O2.C6H7BO2.C6Br2N4O4S.C6H2Br2N2S/c1-3-11-18(12-4-1)29-23-20-15-7-9-17-10-8-16-21(22(17)20)24(23)30(19-13-5-2-6-14-19)26-25(29)27-31-28-26;23-21(24)17-13(11-7-3-1-4-8-11)15-16(20-27-19-15)14(18(17)22(25)26)12-9-5-2-6-10-12;19-15-13(11-7-3-1-4-8-11)17-18(22-23-21-17)14(16(15)20)12-9-5-2-6-10-12;13-11-8-5-1-3-7-4-2-6-9(10(7)8)12(11)14;8-7(9)6-4-2-1-3-5-6;7-1-3-4(10-17-9-3)2(8)6(12(15)16)5(1)11(13)14;7-3-1-2-4(8)6-5(3)9-11-10-6/h1-16H;1-10H;1-10H,19-20H2;1-6H;1-5,8-9H;;1-2H/q+2;;;;;;. The van der Waals surface area contributed by atoms with Crippen molar-refractivity contribution in [1.82, 2.24) is 43.7 Å². The van der Waals surface area contributed by atoms with Crippen LogP contribution in [0.15, 0.2) is 315 Å². The first-order chi connectivity index (χ1) is 64.1. The molecule has 23 rings (SSSR count). The van der Waals surface area contributed by atoms with E-state index in [-0.39, 0.29) is 53.7 Å². The zero-order chi connectivity index (χ0) is 92.1. The monoisotopic (exact) mass is 2090 g/mol. The Morgan fingerprint density at radius 3 is 0.879 bits per heavy atom. The van der Waals surface area contributed by atoms with Crippen LogP contribution in [0.25, 0.3) is 155 Å². The lowest BCUT2D eigenvalue weighted by Crippen LogP contribution is -2.45. The van der Waals surface area contributed by atoms with E-state index in [9.17, 15) is 50.0 Å². The molecular formula is C92H55BBr4N18O12S5+2. The van der Waals surface area contributed by atoms with Gasteiger partial charge in [0.15, 0.2) is 11.4 Å². The van der Waals surface area contributed by atoms with Crippen molar-refractivity contribution in [3.8, 4) is 78.4 Å². The van der Waals surface area contributed by atoms with Gasteiger partial charge in [0.1, 0.15) is 64.5 Å².